The summed E-state index contributed by atoms with van der Waals surface area (Å²) in [5, 5.41) is 17.0. The second-order valence-electron chi connectivity index (χ2n) is 6.38. The average molecular weight is 391 g/mol. The van der Waals surface area contributed by atoms with Crippen LogP contribution in [0.4, 0.5) is 17.1 Å². The third-order valence-corrected chi connectivity index (χ3v) is 4.94. The molecular formula is C18H21N3O5S. The van der Waals surface area contributed by atoms with E-state index in [0.717, 1.165) is 11.8 Å². The standard InChI is InChI=1S/C18H21N3O5S/c1-12(2)18(22)20-14-9-7-13(8-10-14)11-19-15-5-4-6-16(27(3,25)26)17(15)21(23)24/h4-10,12,19H,11H2,1-3H3,(H,20,22). The molecule has 2 aromatic rings. The smallest absolute Gasteiger partial charge is 0.310 e. The second kappa shape index (κ2) is 8.17. The van der Waals surface area contributed by atoms with Crippen molar-refractivity contribution in [3.63, 3.8) is 0 Å². The van der Waals surface area contributed by atoms with Crippen LogP contribution in [0.25, 0.3) is 0 Å². The summed E-state index contributed by atoms with van der Waals surface area (Å²) in [6.07, 6.45) is 0.934. The number of hydrogen-bond acceptors (Lipinski definition) is 6. The number of nitrogens with zero attached hydrogens (tertiary/aromatic N) is 1. The van der Waals surface area contributed by atoms with Crippen molar-refractivity contribution in [2.24, 2.45) is 5.92 Å². The van der Waals surface area contributed by atoms with Gasteiger partial charge in [-0.1, -0.05) is 32.0 Å². The molecule has 0 unspecified atom stereocenters. The van der Waals surface area contributed by atoms with E-state index < -0.39 is 20.4 Å². The summed E-state index contributed by atoms with van der Waals surface area (Å²) in [5.41, 5.74) is 1.13. The van der Waals surface area contributed by atoms with E-state index in [1.807, 2.05) is 0 Å². The van der Waals surface area contributed by atoms with Crippen LogP contribution in [0, 0.1) is 16.0 Å². The second-order valence-corrected chi connectivity index (χ2v) is 8.36. The summed E-state index contributed by atoms with van der Waals surface area (Å²) < 4.78 is 23.6. The van der Waals surface area contributed by atoms with E-state index in [2.05, 4.69) is 10.6 Å². The first-order valence-corrected chi connectivity index (χ1v) is 10.1. The van der Waals surface area contributed by atoms with Gasteiger partial charge >= 0.3 is 5.69 Å². The van der Waals surface area contributed by atoms with Crippen LogP contribution in [0.2, 0.25) is 0 Å². The highest BCUT2D eigenvalue weighted by atomic mass is 32.2. The van der Waals surface area contributed by atoms with Crippen molar-refractivity contribution in [1.82, 2.24) is 0 Å². The van der Waals surface area contributed by atoms with Crippen molar-refractivity contribution in [1.29, 1.82) is 0 Å². The number of nitro groups is 1. The maximum atomic E-state index is 11.8. The monoisotopic (exact) mass is 391 g/mol. The fourth-order valence-corrected chi connectivity index (χ4v) is 3.20. The molecule has 1 amide bonds. The first-order valence-electron chi connectivity index (χ1n) is 8.20. The number of anilines is 2. The Kier molecular flexibility index (Phi) is 6.17. The van der Waals surface area contributed by atoms with E-state index in [-0.39, 0.29) is 29.0 Å². The van der Waals surface area contributed by atoms with Crippen LogP contribution in [-0.2, 0) is 21.2 Å². The van der Waals surface area contributed by atoms with Gasteiger partial charge in [-0.15, -0.1) is 0 Å². The minimum Gasteiger partial charge on any atom is -0.375 e. The third kappa shape index (κ3) is 5.27. The van der Waals surface area contributed by atoms with Crippen molar-refractivity contribution in [3.05, 3.63) is 58.1 Å². The topological polar surface area (TPSA) is 118 Å². The van der Waals surface area contributed by atoms with Gasteiger partial charge in [0.05, 0.1) is 4.92 Å². The number of nitrogens with one attached hydrogen (secondary N) is 2. The van der Waals surface area contributed by atoms with Crippen LogP contribution in [0.1, 0.15) is 19.4 Å². The SMILES string of the molecule is CC(C)C(=O)Nc1ccc(CNc2cccc(S(C)(=O)=O)c2[N+](=O)[O-])cc1. The van der Waals surface area contributed by atoms with Crippen LogP contribution in [-0.4, -0.2) is 25.5 Å². The normalized spacial score (nSPS) is 11.3. The van der Waals surface area contributed by atoms with Crippen molar-refractivity contribution in [2.75, 3.05) is 16.9 Å². The highest BCUT2D eigenvalue weighted by molar-refractivity contribution is 7.90. The van der Waals surface area contributed by atoms with E-state index in [0.29, 0.717) is 5.69 Å². The third-order valence-electron chi connectivity index (χ3n) is 3.81. The Bertz CT molecular complexity index is 953. The highest BCUT2D eigenvalue weighted by Gasteiger charge is 2.25. The molecule has 0 aromatic heterocycles. The minimum atomic E-state index is -3.73. The summed E-state index contributed by atoms with van der Waals surface area (Å²) in [4.78, 5) is 22.0. The molecule has 0 aliphatic rings. The number of nitro benzene ring substituents is 1. The summed E-state index contributed by atoms with van der Waals surface area (Å²) in [5.74, 6) is -0.219. The zero-order valence-corrected chi connectivity index (χ0v) is 16.0. The van der Waals surface area contributed by atoms with Crippen LogP contribution in [0.3, 0.4) is 0 Å². The molecule has 0 saturated carbocycles. The molecule has 0 radical (unpaired) electrons. The Labute approximate surface area is 157 Å². The molecule has 0 atom stereocenters. The van der Waals surface area contributed by atoms with Crippen LogP contribution in [0.15, 0.2) is 47.4 Å². The predicted octanol–water partition coefficient (Wildman–Crippen LogP) is 3.20. The molecule has 0 fully saturated rings. The lowest BCUT2D eigenvalue weighted by atomic mass is 10.1. The Morgan fingerprint density at radius 1 is 1.15 bits per heavy atom. The fourth-order valence-electron chi connectivity index (χ4n) is 2.34. The minimum absolute atomic E-state index is 0.0888. The molecule has 9 heteroatoms. The van der Waals surface area contributed by atoms with Gasteiger partial charge in [0.15, 0.2) is 9.84 Å². The van der Waals surface area contributed by atoms with E-state index >= 15 is 0 Å². The Morgan fingerprint density at radius 2 is 1.78 bits per heavy atom. The molecule has 2 aromatic carbocycles. The van der Waals surface area contributed by atoms with Gasteiger partial charge in [0.1, 0.15) is 10.6 Å². The van der Waals surface area contributed by atoms with Crippen molar-refractivity contribution in [3.8, 4) is 0 Å². The number of carbonyl (C=O) groups excluding carboxylic acids is 1. The van der Waals surface area contributed by atoms with Gasteiger partial charge in [-0.3, -0.25) is 14.9 Å². The maximum Gasteiger partial charge on any atom is 0.310 e. The number of amides is 1. The molecular weight excluding hydrogens is 370 g/mol. The van der Waals surface area contributed by atoms with Gasteiger partial charge in [-0.25, -0.2) is 8.42 Å². The molecule has 0 bridgehead atoms. The molecule has 2 N–H and O–H groups in total. The lowest BCUT2D eigenvalue weighted by Crippen LogP contribution is -2.17. The molecule has 2 rings (SSSR count). The highest BCUT2D eigenvalue weighted by Crippen LogP contribution is 2.32. The van der Waals surface area contributed by atoms with Crippen molar-refractivity contribution < 1.29 is 18.1 Å². The first-order chi connectivity index (χ1) is 12.6. The molecule has 27 heavy (non-hydrogen) atoms. The van der Waals surface area contributed by atoms with Crippen molar-refractivity contribution >= 4 is 32.8 Å². The Morgan fingerprint density at radius 3 is 2.30 bits per heavy atom. The van der Waals surface area contributed by atoms with E-state index in [9.17, 15) is 23.3 Å². The number of benzene rings is 2. The Hall–Kier alpha value is -2.94. The summed E-state index contributed by atoms with van der Waals surface area (Å²) in [6.45, 7) is 3.85. The molecule has 0 aliphatic carbocycles. The zero-order chi connectivity index (χ0) is 20.2. The largest absolute Gasteiger partial charge is 0.375 e. The zero-order valence-electron chi connectivity index (χ0n) is 15.2. The van der Waals surface area contributed by atoms with Crippen molar-refractivity contribution in [2.45, 2.75) is 25.3 Å². The van der Waals surface area contributed by atoms with Gasteiger partial charge in [0.25, 0.3) is 0 Å². The van der Waals surface area contributed by atoms with Crippen LogP contribution in [0.5, 0.6) is 0 Å². The van der Waals surface area contributed by atoms with E-state index in [4.69, 9.17) is 0 Å². The number of rotatable bonds is 7. The van der Waals surface area contributed by atoms with Gasteiger partial charge in [-0.05, 0) is 29.8 Å². The molecule has 8 nitrogen and oxygen atoms in total. The fraction of sp³-hybridized carbons (Fsp3) is 0.278. The molecule has 0 spiro atoms. The number of sulfone groups is 1. The lowest BCUT2D eigenvalue weighted by Gasteiger charge is -2.11. The van der Waals surface area contributed by atoms with Gasteiger partial charge in [0, 0.05) is 24.4 Å². The molecule has 0 heterocycles. The van der Waals surface area contributed by atoms with Gasteiger partial charge < -0.3 is 10.6 Å². The summed E-state index contributed by atoms with van der Waals surface area (Å²) in [7, 11) is -3.73. The maximum absolute atomic E-state index is 11.8. The van der Waals surface area contributed by atoms with Crippen LogP contribution < -0.4 is 10.6 Å². The Balaban J connectivity index is 2.17. The predicted molar refractivity (Wildman–Crippen MR) is 103 cm³/mol. The quantitative estimate of drug-likeness (QED) is 0.553. The number of carbonyl (C=O) groups is 1. The van der Waals surface area contributed by atoms with Gasteiger partial charge in [0.2, 0.25) is 5.91 Å². The number of para-hydroxylation sites is 1. The van der Waals surface area contributed by atoms with E-state index in [1.165, 1.54) is 18.2 Å². The van der Waals surface area contributed by atoms with Gasteiger partial charge in [-0.2, -0.15) is 0 Å². The number of hydrogen-bond donors (Lipinski definition) is 2. The lowest BCUT2D eigenvalue weighted by molar-refractivity contribution is -0.386. The molecule has 0 aliphatic heterocycles. The molecule has 0 saturated heterocycles. The molecule has 144 valence electrons. The average Bonchev–Trinajstić information content (AvgIpc) is 2.59. The summed E-state index contributed by atoms with van der Waals surface area (Å²) in [6, 6.07) is 11.1. The van der Waals surface area contributed by atoms with Crippen LogP contribution >= 0.6 is 0 Å². The van der Waals surface area contributed by atoms with E-state index in [1.54, 1.807) is 38.1 Å². The summed E-state index contributed by atoms with van der Waals surface area (Å²) >= 11 is 0. The first kappa shape index (κ1) is 20.4.